The van der Waals surface area contributed by atoms with E-state index in [1.807, 2.05) is 0 Å². The van der Waals surface area contributed by atoms with Crippen LogP contribution < -0.4 is 5.32 Å². The number of hydrogen-bond acceptors (Lipinski definition) is 3. The van der Waals surface area contributed by atoms with Crippen molar-refractivity contribution in [2.75, 3.05) is 5.32 Å². The van der Waals surface area contributed by atoms with Crippen LogP contribution in [0.5, 0.6) is 0 Å². The van der Waals surface area contributed by atoms with Crippen molar-refractivity contribution in [3.63, 3.8) is 0 Å². The van der Waals surface area contributed by atoms with E-state index < -0.39 is 11.6 Å². The molecular weight excluding hydrogens is 398 g/mol. The van der Waals surface area contributed by atoms with E-state index in [0.717, 1.165) is 12.1 Å². The van der Waals surface area contributed by atoms with Gasteiger partial charge in [0.25, 0.3) is 0 Å². The number of anilines is 2. The van der Waals surface area contributed by atoms with E-state index in [2.05, 4.69) is 47.1 Å². The van der Waals surface area contributed by atoms with Gasteiger partial charge >= 0.3 is 0 Å². The smallest absolute Gasteiger partial charge is 0.180 e. The van der Waals surface area contributed by atoms with Gasteiger partial charge in [0.05, 0.1) is 10.2 Å². The Hall–Kier alpha value is -1.54. The van der Waals surface area contributed by atoms with Crippen LogP contribution in [0.25, 0.3) is 5.65 Å². The third-order valence-electron chi connectivity index (χ3n) is 2.61. The fraction of sp³-hybridized carbons (Fsp3) is 0. The highest BCUT2D eigenvalue weighted by molar-refractivity contribution is 9.10. The molecular formula is C12H6Br2F2N4. The first-order valence-corrected chi connectivity index (χ1v) is 7.04. The third-order valence-corrected chi connectivity index (χ3v) is 3.60. The molecule has 4 nitrogen and oxygen atoms in total. The Kier molecular flexibility index (Phi) is 3.43. The maximum Gasteiger partial charge on any atom is 0.180 e. The van der Waals surface area contributed by atoms with Gasteiger partial charge in [-0.25, -0.2) is 18.7 Å². The van der Waals surface area contributed by atoms with Crippen LogP contribution in [0.3, 0.4) is 0 Å². The van der Waals surface area contributed by atoms with Gasteiger partial charge in [-0.1, -0.05) is 0 Å². The maximum atomic E-state index is 13.8. The molecule has 0 spiro atoms. The first-order chi connectivity index (χ1) is 9.54. The summed E-state index contributed by atoms with van der Waals surface area (Å²) in [6, 6.07) is 2.11. The summed E-state index contributed by atoms with van der Waals surface area (Å²) < 4.78 is 29.6. The molecule has 2 heterocycles. The highest BCUT2D eigenvalue weighted by Gasteiger charge is 2.12. The van der Waals surface area contributed by atoms with E-state index >= 15 is 0 Å². The van der Waals surface area contributed by atoms with Gasteiger partial charge in [0, 0.05) is 24.7 Å². The molecule has 0 saturated carbocycles. The van der Waals surface area contributed by atoms with Crippen molar-refractivity contribution >= 4 is 49.0 Å². The molecule has 0 fully saturated rings. The summed E-state index contributed by atoms with van der Waals surface area (Å²) in [5.41, 5.74) is 0.497. The van der Waals surface area contributed by atoms with Gasteiger partial charge in [0.1, 0.15) is 16.2 Å². The first-order valence-electron chi connectivity index (χ1n) is 5.45. The second-order valence-electron chi connectivity index (χ2n) is 3.94. The Bertz CT molecular complexity index is 803. The van der Waals surface area contributed by atoms with E-state index in [0.29, 0.717) is 16.1 Å². The number of nitrogens with zero attached hydrogens (tertiary/aromatic N) is 3. The summed E-state index contributed by atoms with van der Waals surface area (Å²) >= 11 is 6.18. The highest BCUT2D eigenvalue weighted by atomic mass is 79.9. The van der Waals surface area contributed by atoms with Gasteiger partial charge in [0.2, 0.25) is 0 Å². The van der Waals surface area contributed by atoms with Crippen LogP contribution >= 0.6 is 31.9 Å². The Labute approximate surface area is 129 Å². The predicted molar refractivity (Wildman–Crippen MR) is 78.0 cm³/mol. The molecule has 102 valence electrons. The molecule has 0 saturated heterocycles. The largest absolute Gasteiger partial charge is 0.335 e. The van der Waals surface area contributed by atoms with Crippen molar-refractivity contribution in [1.29, 1.82) is 0 Å². The molecule has 0 bridgehead atoms. The summed E-state index contributed by atoms with van der Waals surface area (Å²) in [7, 11) is 0. The number of benzene rings is 1. The molecule has 3 rings (SSSR count). The van der Waals surface area contributed by atoms with Crippen LogP contribution in [0.15, 0.2) is 39.8 Å². The Morgan fingerprint density at radius 2 is 1.95 bits per heavy atom. The summed E-state index contributed by atoms with van der Waals surface area (Å²) in [5.74, 6) is -0.835. The van der Waals surface area contributed by atoms with Crippen molar-refractivity contribution in [2.24, 2.45) is 0 Å². The zero-order chi connectivity index (χ0) is 14.3. The minimum absolute atomic E-state index is 0.0128. The molecule has 0 aliphatic heterocycles. The van der Waals surface area contributed by atoms with Gasteiger partial charge in [-0.05, 0) is 37.9 Å². The molecule has 20 heavy (non-hydrogen) atoms. The van der Waals surface area contributed by atoms with Crippen molar-refractivity contribution in [2.45, 2.75) is 0 Å². The van der Waals surface area contributed by atoms with E-state index in [1.54, 1.807) is 23.0 Å². The van der Waals surface area contributed by atoms with Gasteiger partial charge in [0.15, 0.2) is 11.5 Å². The van der Waals surface area contributed by atoms with Gasteiger partial charge in [-0.15, -0.1) is 0 Å². The highest BCUT2D eigenvalue weighted by Crippen LogP contribution is 2.27. The molecule has 0 radical (unpaired) electrons. The van der Waals surface area contributed by atoms with E-state index in [1.165, 1.54) is 0 Å². The van der Waals surface area contributed by atoms with Crippen LogP contribution in [-0.4, -0.2) is 14.4 Å². The Balaban J connectivity index is 2.09. The number of halogens is 4. The number of imidazole rings is 1. The standard InChI is InChI=1S/C12H6Br2F2N4/c13-6-3-8(16)9(4-7(6)15)18-11-12-17-1-2-20(12)5-10(14)19-11/h1-5H,(H,18,19). The van der Waals surface area contributed by atoms with E-state index in [4.69, 9.17) is 0 Å². The Morgan fingerprint density at radius 3 is 2.75 bits per heavy atom. The van der Waals surface area contributed by atoms with Gasteiger partial charge in [-0.3, -0.25) is 0 Å². The number of fused-ring (bicyclic) bond motifs is 1. The molecule has 1 N–H and O–H groups in total. The minimum atomic E-state index is -0.593. The van der Waals surface area contributed by atoms with E-state index in [-0.39, 0.29) is 10.2 Å². The van der Waals surface area contributed by atoms with Gasteiger partial charge in [-0.2, -0.15) is 0 Å². The topological polar surface area (TPSA) is 42.2 Å². The number of rotatable bonds is 2. The minimum Gasteiger partial charge on any atom is -0.335 e. The zero-order valence-electron chi connectivity index (χ0n) is 9.74. The summed E-state index contributed by atoms with van der Waals surface area (Å²) in [6.07, 6.45) is 5.03. The van der Waals surface area contributed by atoms with Crippen LogP contribution in [-0.2, 0) is 0 Å². The summed E-state index contributed by atoms with van der Waals surface area (Å²) in [5, 5.41) is 2.75. The zero-order valence-corrected chi connectivity index (χ0v) is 12.9. The lowest BCUT2D eigenvalue weighted by molar-refractivity contribution is 0.597. The predicted octanol–water partition coefficient (Wildman–Crippen LogP) is 4.28. The fourth-order valence-corrected chi connectivity index (χ4v) is 2.44. The molecule has 8 heteroatoms. The van der Waals surface area contributed by atoms with Crippen LogP contribution in [0, 0.1) is 11.6 Å². The molecule has 1 aromatic carbocycles. The molecule has 3 aromatic rings. The normalized spacial score (nSPS) is 11.0. The molecule has 0 aliphatic rings. The second-order valence-corrected chi connectivity index (χ2v) is 5.61. The van der Waals surface area contributed by atoms with Crippen LogP contribution in [0.1, 0.15) is 0 Å². The van der Waals surface area contributed by atoms with Crippen LogP contribution in [0.4, 0.5) is 20.3 Å². The average Bonchev–Trinajstić information content (AvgIpc) is 2.84. The summed E-state index contributed by atoms with van der Waals surface area (Å²) in [6.45, 7) is 0. The number of aromatic nitrogens is 3. The first kappa shape index (κ1) is 13.4. The lowest BCUT2D eigenvalue weighted by Gasteiger charge is -2.09. The number of nitrogens with one attached hydrogen (secondary N) is 1. The quantitative estimate of drug-likeness (QED) is 0.649. The Morgan fingerprint density at radius 1 is 1.15 bits per heavy atom. The number of hydrogen-bond donors (Lipinski definition) is 1. The molecule has 0 aliphatic carbocycles. The van der Waals surface area contributed by atoms with Crippen molar-refractivity contribution < 1.29 is 8.78 Å². The van der Waals surface area contributed by atoms with Crippen molar-refractivity contribution in [1.82, 2.24) is 14.4 Å². The lowest BCUT2D eigenvalue weighted by atomic mass is 10.3. The maximum absolute atomic E-state index is 13.8. The van der Waals surface area contributed by atoms with Gasteiger partial charge < -0.3 is 9.72 Å². The lowest BCUT2D eigenvalue weighted by Crippen LogP contribution is -2.01. The molecule has 2 aromatic heterocycles. The SMILES string of the molecule is Fc1cc(Nc2nc(Br)cn3ccnc23)c(F)cc1Br. The second kappa shape index (κ2) is 5.10. The summed E-state index contributed by atoms with van der Waals surface area (Å²) in [4.78, 5) is 8.30. The molecule has 0 amide bonds. The van der Waals surface area contributed by atoms with Crippen molar-refractivity contribution in [3.8, 4) is 0 Å². The average molecular weight is 404 g/mol. The van der Waals surface area contributed by atoms with E-state index in [9.17, 15) is 8.78 Å². The fourth-order valence-electron chi connectivity index (χ4n) is 1.73. The van der Waals surface area contributed by atoms with Crippen LogP contribution in [0.2, 0.25) is 0 Å². The third kappa shape index (κ3) is 2.40. The molecule has 0 atom stereocenters. The van der Waals surface area contributed by atoms with Crippen molar-refractivity contribution in [3.05, 3.63) is 51.4 Å². The monoisotopic (exact) mass is 402 g/mol. The molecule has 0 unspecified atom stereocenters.